The molecule has 2 heterocycles. The van der Waals surface area contributed by atoms with Crippen molar-refractivity contribution in [3.63, 3.8) is 0 Å². The van der Waals surface area contributed by atoms with Gasteiger partial charge in [-0.25, -0.2) is 9.97 Å². The zero-order valence-electron chi connectivity index (χ0n) is 12.2. The van der Waals surface area contributed by atoms with Crippen LogP contribution in [-0.4, -0.2) is 34.6 Å². The van der Waals surface area contributed by atoms with E-state index in [4.69, 9.17) is 0 Å². The second kappa shape index (κ2) is 7.18. The molecule has 0 saturated carbocycles. The molecular weight excluding hydrogens is 298 g/mol. The van der Waals surface area contributed by atoms with E-state index in [1.807, 2.05) is 11.8 Å². The Labute approximate surface area is 134 Å². The lowest BCUT2D eigenvalue weighted by Crippen LogP contribution is -2.33. The third kappa shape index (κ3) is 4.14. The Morgan fingerprint density at radius 1 is 1.14 bits per heavy atom. The molecule has 0 N–H and O–H groups in total. The number of hydrogen-bond acceptors (Lipinski definition) is 5. The van der Waals surface area contributed by atoms with Gasteiger partial charge >= 0.3 is 0 Å². The highest BCUT2D eigenvalue weighted by atomic mass is 32.2. The van der Waals surface area contributed by atoms with Crippen molar-refractivity contribution in [2.24, 2.45) is 0 Å². The van der Waals surface area contributed by atoms with Gasteiger partial charge in [0, 0.05) is 36.4 Å². The molecule has 0 unspecified atom stereocenters. The number of anilines is 1. The maximum atomic E-state index is 4.42. The zero-order valence-corrected chi connectivity index (χ0v) is 13.8. The summed E-state index contributed by atoms with van der Waals surface area (Å²) in [5, 5.41) is 1.05. The van der Waals surface area contributed by atoms with Crippen molar-refractivity contribution in [3.8, 4) is 0 Å². The largest absolute Gasteiger partial charge is 0.355 e. The molecule has 0 atom stereocenters. The molecule has 1 fully saturated rings. The zero-order chi connectivity index (χ0) is 14.5. The molecule has 3 rings (SSSR count). The Bertz CT molecular complexity index is 580. The lowest BCUT2D eigenvalue weighted by molar-refractivity contribution is 0.827. The normalized spacial score (nSPS) is 15.2. The third-order valence-electron chi connectivity index (χ3n) is 3.47. The van der Waals surface area contributed by atoms with Gasteiger partial charge in [0.15, 0.2) is 0 Å². The lowest BCUT2D eigenvalue weighted by atomic mass is 10.2. The number of nitrogens with zero attached hydrogens (tertiary/aromatic N) is 3. The maximum Gasteiger partial charge on any atom is 0.133 e. The number of aromatic nitrogens is 2. The second-order valence-electron chi connectivity index (χ2n) is 5.09. The summed E-state index contributed by atoms with van der Waals surface area (Å²) >= 11 is 3.79. The highest BCUT2D eigenvalue weighted by Crippen LogP contribution is 2.24. The number of hydrogen-bond donors (Lipinski definition) is 0. The summed E-state index contributed by atoms with van der Waals surface area (Å²) in [4.78, 5) is 11.2. The fourth-order valence-electron chi connectivity index (χ4n) is 2.22. The van der Waals surface area contributed by atoms with Crippen molar-refractivity contribution in [1.29, 1.82) is 0 Å². The van der Waals surface area contributed by atoms with E-state index in [2.05, 4.69) is 52.1 Å². The summed E-state index contributed by atoms with van der Waals surface area (Å²) in [5.41, 5.74) is 2.64. The van der Waals surface area contributed by atoms with E-state index < -0.39 is 0 Å². The second-order valence-corrected chi connectivity index (χ2v) is 7.31. The van der Waals surface area contributed by atoms with Gasteiger partial charge in [0.2, 0.25) is 0 Å². The van der Waals surface area contributed by atoms with Crippen LogP contribution in [0.3, 0.4) is 0 Å². The monoisotopic (exact) mass is 317 g/mol. The van der Waals surface area contributed by atoms with Crippen LogP contribution in [0.5, 0.6) is 0 Å². The van der Waals surface area contributed by atoms with Crippen LogP contribution in [0.4, 0.5) is 5.82 Å². The Kier molecular flexibility index (Phi) is 5.04. The molecule has 3 nitrogen and oxygen atoms in total. The summed E-state index contributed by atoms with van der Waals surface area (Å²) in [6.45, 7) is 4.29. The van der Waals surface area contributed by atoms with Gasteiger partial charge in [-0.15, -0.1) is 11.8 Å². The first-order valence-corrected chi connectivity index (χ1v) is 9.28. The molecule has 0 spiro atoms. The smallest absolute Gasteiger partial charge is 0.133 e. The van der Waals surface area contributed by atoms with Crippen LogP contribution in [0.15, 0.2) is 41.7 Å². The first-order valence-electron chi connectivity index (χ1n) is 7.14. The predicted octanol–water partition coefficient (Wildman–Crippen LogP) is 3.63. The molecule has 2 aromatic rings. The fourth-order valence-corrected chi connectivity index (χ4v) is 3.94. The van der Waals surface area contributed by atoms with Gasteiger partial charge in [-0.3, -0.25) is 0 Å². The lowest BCUT2D eigenvalue weighted by Gasteiger charge is -2.27. The standard InChI is InChI=1S/C16H19N3S2/c1-13-2-4-14(5-3-13)11-21-16-10-15(17-12-18-16)19-6-8-20-9-7-19/h2-5,10,12H,6-9,11H2,1H3. The molecule has 21 heavy (non-hydrogen) atoms. The van der Waals surface area contributed by atoms with E-state index in [1.54, 1.807) is 18.1 Å². The van der Waals surface area contributed by atoms with E-state index in [0.717, 1.165) is 29.7 Å². The van der Waals surface area contributed by atoms with Crippen LogP contribution in [0.1, 0.15) is 11.1 Å². The van der Waals surface area contributed by atoms with E-state index in [0.29, 0.717) is 0 Å². The Morgan fingerprint density at radius 3 is 2.67 bits per heavy atom. The van der Waals surface area contributed by atoms with Crippen LogP contribution in [0, 0.1) is 6.92 Å². The minimum atomic E-state index is 0.951. The first kappa shape index (κ1) is 14.7. The predicted molar refractivity (Wildman–Crippen MR) is 92.3 cm³/mol. The molecule has 0 amide bonds. The van der Waals surface area contributed by atoms with Crippen LogP contribution < -0.4 is 4.90 Å². The van der Waals surface area contributed by atoms with E-state index in [-0.39, 0.29) is 0 Å². The average molecular weight is 317 g/mol. The van der Waals surface area contributed by atoms with Gasteiger partial charge in [0.1, 0.15) is 17.2 Å². The van der Waals surface area contributed by atoms with Crippen molar-refractivity contribution < 1.29 is 0 Å². The van der Waals surface area contributed by atoms with Gasteiger partial charge in [-0.05, 0) is 12.5 Å². The Hall–Kier alpha value is -1.20. The quantitative estimate of drug-likeness (QED) is 0.634. The molecule has 1 aliphatic rings. The SMILES string of the molecule is Cc1ccc(CSc2cc(N3CCSCC3)ncn2)cc1. The summed E-state index contributed by atoms with van der Waals surface area (Å²) in [6, 6.07) is 10.8. The number of benzene rings is 1. The highest BCUT2D eigenvalue weighted by molar-refractivity contribution is 7.99. The number of thioether (sulfide) groups is 2. The first-order chi connectivity index (χ1) is 10.3. The average Bonchev–Trinajstić information content (AvgIpc) is 2.55. The minimum Gasteiger partial charge on any atom is -0.355 e. The van der Waals surface area contributed by atoms with Crippen molar-refractivity contribution in [2.45, 2.75) is 17.7 Å². The van der Waals surface area contributed by atoms with E-state index in [9.17, 15) is 0 Å². The fraction of sp³-hybridized carbons (Fsp3) is 0.375. The highest BCUT2D eigenvalue weighted by Gasteiger charge is 2.13. The molecule has 110 valence electrons. The third-order valence-corrected chi connectivity index (χ3v) is 5.41. The van der Waals surface area contributed by atoms with Gasteiger partial charge in [0.05, 0.1) is 0 Å². The molecular formula is C16H19N3S2. The maximum absolute atomic E-state index is 4.42. The summed E-state index contributed by atoms with van der Waals surface area (Å²) < 4.78 is 0. The van der Waals surface area contributed by atoms with E-state index >= 15 is 0 Å². The molecule has 5 heteroatoms. The van der Waals surface area contributed by atoms with Gasteiger partial charge < -0.3 is 4.90 Å². The van der Waals surface area contributed by atoms with Crippen molar-refractivity contribution in [3.05, 3.63) is 47.8 Å². The van der Waals surface area contributed by atoms with Crippen LogP contribution in [-0.2, 0) is 5.75 Å². The van der Waals surface area contributed by atoms with Gasteiger partial charge in [-0.2, -0.15) is 11.8 Å². The van der Waals surface area contributed by atoms with E-state index in [1.165, 1.54) is 22.6 Å². The van der Waals surface area contributed by atoms with Gasteiger partial charge in [-0.1, -0.05) is 29.8 Å². The topological polar surface area (TPSA) is 29.0 Å². The van der Waals surface area contributed by atoms with Crippen LogP contribution in [0.25, 0.3) is 0 Å². The summed E-state index contributed by atoms with van der Waals surface area (Å²) in [6.07, 6.45) is 1.69. The molecule has 1 saturated heterocycles. The van der Waals surface area contributed by atoms with Crippen LogP contribution in [0.2, 0.25) is 0 Å². The minimum absolute atomic E-state index is 0.951. The summed E-state index contributed by atoms with van der Waals surface area (Å²) in [7, 11) is 0. The van der Waals surface area contributed by atoms with Crippen molar-refractivity contribution in [2.75, 3.05) is 29.5 Å². The summed E-state index contributed by atoms with van der Waals surface area (Å²) in [5.74, 6) is 4.40. The molecule has 0 aliphatic carbocycles. The molecule has 1 aromatic carbocycles. The Balaban J connectivity index is 1.64. The molecule has 0 radical (unpaired) electrons. The number of aryl methyl sites for hydroxylation is 1. The number of rotatable bonds is 4. The Morgan fingerprint density at radius 2 is 1.90 bits per heavy atom. The van der Waals surface area contributed by atoms with Crippen molar-refractivity contribution in [1.82, 2.24) is 9.97 Å². The molecule has 1 aliphatic heterocycles. The van der Waals surface area contributed by atoms with Crippen molar-refractivity contribution >= 4 is 29.3 Å². The van der Waals surface area contributed by atoms with Gasteiger partial charge in [0.25, 0.3) is 0 Å². The molecule has 0 bridgehead atoms. The molecule has 1 aromatic heterocycles. The van der Waals surface area contributed by atoms with Crippen LogP contribution >= 0.6 is 23.5 Å².